The minimum absolute atomic E-state index is 0.0173. The molecule has 0 aliphatic heterocycles. The molecule has 22 heavy (non-hydrogen) atoms. The van der Waals surface area contributed by atoms with E-state index in [1.54, 1.807) is 11.3 Å². The average molecular weight is 316 g/mol. The summed E-state index contributed by atoms with van der Waals surface area (Å²) >= 11 is 1.60. The number of aliphatic hydroxyl groups excluding tert-OH is 1. The van der Waals surface area contributed by atoms with Gasteiger partial charge in [-0.25, -0.2) is 4.98 Å². The molecule has 0 unspecified atom stereocenters. The van der Waals surface area contributed by atoms with Gasteiger partial charge in [-0.05, 0) is 18.4 Å². The molecule has 1 fully saturated rings. The first-order valence-electron chi connectivity index (χ1n) is 7.54. The van der Waals surface area contributed by atoms with E-state index in [-0.39, 0.29) is 17.9 Å². The Morgan fingerprint density at radius 1 is 1.32 bits per heavy atom. The second-order valence-corrected chi connectivity index (χ2v) is 6.95. The first-order valence-corrected chi connectivity index (χ1v) is 8.42. The Kier molecular flexibility index (Phi) is 4.55. The van der Waals surface area contributed by atoms with Gasteiger partial charge in [0, 0.05) is 23.8 Å². The molecule has 0 atom stereocenters. The molecule has 3 rings (SSSR count). The zero-order chi connectivity index (χ0) is 15.4. The molecule has 1 amide bonds. The minimum Gasteiger partial charge on any atom is -0.396 e. The number of carbonyl (C=O) groups is 1. The third kappa shape index (κ3) is 3.93. The topological polar surface area (TPSA) is 62.2 Å². The number of hydrogen-bond acceptors (Lipinski definition) is 4. The van der Waals surface area contributed by atoms with Gasteiger partial charge in [-0.3, -0.25) is 4.79 Å². The van der Waals surface area contributed by atoms with Crippen LogP contribution in [0.4, 0.5) is 0 Å². The van der Waals surface area contributed by atoms with Gasteiger partial charge in [0.25, 0.3) is 0 Å². The summed E-state index contributed by atoms with van der Waals surface area (Å²) in [6.45, 7) is 0.731. The monoisotopic (exact) mass is 316 g/mol. The van der Waals surface area contributed by atoms with Crippen molar-refractivity contribution in [3.8, 4) is 0 Å². The van der Waals surface area contributed by atoms with Crippen LogP contribution in [0.5, 0.6) is 0 Å². The molecule has 4 nitrogen and oxygen atoms in total. The summed E-state index contributed by atoms with van der Waals surface area (Å²) in [4.78, 5) is 16.5. The van der Waals surface area contributed by atoms with E-state index >= 15 is 0 Å². The number of aliphatic hydroxyl groups is 1. The first kappa shape index (κ1) is 15.2. The van der Waals surface area contributed by atoms with Gasteiger partial charge in [-0.1, -0.05) is 30.3 Å². The first-order chi connectivity index (χ1) is 10.7. The lowest BCUT2D eigenvalue weighted by Gasteiger charge is -2.12. The van der Waals surface area contributed by atoms with Gasteiger partial charge in [0.1, 0.15) is 0 Å². The van der Waals surface area contributed by atoms with Gasteiger partial charge >= 0.3 is 0 Å². The van der Waals surface area contributed by atoms with Crippen molar-refractivity contribution in [2.45, 2.75) is 25.7 Å². The van der Waals surface area contributed by atoms with Crippen molar-refractivity contribution < 1.29 is 9.90 Å². The van der Waals surface area contributed by atoms with Gasteiger partial charge in [0.15, 0.2) is 0 Å². The highest BCUT2D eigenvalue weighted by Gasteiger charge is 2.42. The van der Waals surface area contributed by atoms with Gasteiger partial charge in [0.05, 0.1) is 23.7 Å². The summed E-state index contributed by atoms with van der Waals surface area (Å²) in [5.41, 5.74) is 2.00. The lowest BCUT2D eigenvalue weighted by molar-refractivity contribution is -0.120. The standard InChI is InChI=1S/C17H20N2O2S/c20-12-17(6-7-17)11-18-15(21)9-14-10-22-16(19-14)8-13-4-2-1-3-5-13/h1-5,10,20H,6-9,11-12H2,(H,18,21). The van der Waals surface area contributed by atoms with Gasteiger partial charge in [0.2, 0.25) is 5.91 Å². The molecule has 1 aromatic heterocycles. The number of carbonyl (C=O) groups excluding carboxylic acids is 1. The van der Waals surface area contributed by atoms with Crippen molar-refractivity contribution in [1.29, 1.82) is 0 Å². The van der Waals surface area contributed by atoms with Crippen molar-refractivity contribution in [3.05, 3.63) is 52.0 Å². The van der Waals surface area contributed by atoms with Gasteiger partial charge in [-0.2, -0.15) is 0 Å². The normalized spacial score (nSPS) is 15.5. The molecule has 0 radical (unpaired) electrons. The van der Waals surface area contributed by atoms with E-state index < -0.39 is 0 Å². The van der Waals surface area contributed by atoms with Crippen molar-refractivity contribution >= 4 is 17.2 Å². The second-order valence-electron chi connectivity index (χ2n) is 6.01. The van der Waals surface area contributed by atoms with Crippen molar-refractivity contribution in [3.63, 3.8) is 0 Å². The van der Waals surface area contributed by atoms with Crippen LogP contribution in [0.3, 0.4) is 0 Å². The van der Waals surface area contributed by atoms with Crippen LogP contribution >= 0.6 is 11.3 Å². The molecule has 2 N–H and O–H groups in total. The Balaban J connectivity index is 1.50. The van der Waals surface area contributed by atoms with E-state index in [0.717, 1.165) is 30.0 Å². The van der Waals surface area contributed by atoms with Gasteiger partial charge in [-0.15, -0.1) is 11.3 Å². The quantitative estimate of drug-likeness (QED) is 0.823. The minimum atomic E-state index is -0.0454. The fraction of sp³-hybridized carbons (Fsp3) is 0.412. The highest BCUT2D eigenvalue weighted by molar-refractivity contribution is 7.09. The predicted molar refractivity (Wildman–Crippen MR) is 86.8 cm³/mol. The van der Waals surface area contributed by atoms with E-state index in [1.807, 2.05) is 23.6 Å². The Hall–Kier alpha value is -1.72. The summed E-state index contributed by atoms with van der Waals surface area (Å²) in [7, 11) is 0. The lowest BCUT2D eigenvalue weighted by atomic mass is 10.1. The number of nitrogens with one attached hydrogen (secondary N) is 1. The van der Waals surface area contributed by atoms with Crippen LogP contribution < -0.4 is 5.32 Å². The fourth-order valence-electron chi connectivity index (χ4n) is 2.36. The highest BCUT2D eigenvalue weighted by atomic mass is 32.1. The summed E-state index contributed by atoms with van der Waals surface area (Å²) in [5, 5.41) is 15.1. The van der Waals surface area contributed by atoms with Crippen LogP contribution in [0.15, 0.2) is 35.7 Å². The Morgan fingerprint density at radius 2 is 2.09 bits per heavy atom. The summed E-state index contributed by atoms with van der Waals surface area (Å²) in [5.74, 6) is -0.0173. The Bertz CT molecular complexity index is 635. The third-order valence-corrected chi connectivity index (χ3v) is 4.99. The van der Waals surface area contributed by atoms with E-state index in [4.69, 9.17) is 0 Å². The molecule has 1 aromatic carbocycles. The number of thiazole rings is 1. The fourth-order valence-corrected chi connectivity index (χ4v) is 3.19. The number of aromatic nitrogens is 1. The molecular formula is C17H20N2O2S. The Morgan fingerprint density at radius 3 is 2.77 bits per heavy atom. The molecule has 0 bridgehead atoms. The van der Waals surface area contributed by atoms with E-state index in [0.29, 0.717) is 13.0 Å². The zero-order valence-corrected chi connectivity index (χ0v) is 13.2. The molecular weight excluding hydrogens is 296 g/mol. The van der Waals surface area contributed by atoms with Crippen LogP contribution in [0.2, 0.25) is 0 Å². The van der Waals surface area contributed by atoms with Crippen LogP contribution in [0.1, 0.15) is 29.1 Å². The lowest BCUT2D eigenvalue weighted by Crippen LogP contribution is -2.32. The molecule has 1 heterocycles. The summed E-state index contributed by atoms with van der Waals surface area (Å²) in [6.07, 6.45) is 3.12. The molecule has 116 valence electrons. The van der Waals surface area contributed by atoms with Crippen LogP contribution in [0.25, 0.3) is 0 Å². The number of nitrogens with zero attached hydrogens (tertiary/aromatic N) is 1. The molecule has 2 aromatic rings. The molecule has 1 aliphatic carbocycles. The highest BCUT2D eigenvalue weighted by Crippen LogP contribution is 2.44. The zero-order valence-electron chi connectivity index (χ0n) is 12.4. The predicted octanol–water partition coefficient (Wildman–Crippen LogP) is 2.17. The second kappa shape index (κ2) is 6.58. The van der Waals surface area contributed by atoms with Crippen LogP contribution in [-0.2, 0) is 17.6 Å². The largest absolute Gasteiger partial charge is 0.396 e. The van der Waals surface area contributed by atoms with Gasteiger partial charge < -0.3 is 10.4 Å². The molecule has 1 aliphatic rings. The maximum atomic E-state index is 11.9. The SMILES string of the molecule is O=C(Cc1csc(Cc2ccccc2)n1)NCC1(CO)CC1. The van der Waals surface area contributed by atoms with E-state index in [9.17, 15) is 9.90 Å². The molecule has 1 saturated carbocycles. The molecule has 5 heteroatoms. The number of rotatable bonds is 7. The van der Waals surface area contributed by atoms with Crippen LogP contribution in [-0.4, -0.2) is 29.1 Å². The number of hydrogen-bond donors (Lipinski definition) is 2. The maximum absolute atomic E-state index is 11.9. The summed E-state index contributed by atoms with van der Waals surface area (Å²) in [6, 6.07) is 10.2. The van der Waals surface area contributed by atoms with E-state index in [1.165, 1.54) is 5.56 Å². The maximum Gasteiger partial charge on any atom is 0.226 e. The number of amides is 1. The van der Waals surface area contributed by atoms with Crippen LogP contribution in [0, 0.1) is 5.41 Å². The Labute approximate surface area is 134 Å². The smallest absolute Gasteiger partial charge is 0.226 e. The van der Waals surface area contributed by atoms with E-state index in [2.05, 4.69) is 22.4 Å². The molecule has 0 spiro atoms. The van der Waals surface area contributed by atoms with Crippen molar-refractivity contribution in [1.82, 2.24) is 10.3 Å². The molecule has 0 saturated heterocycles. The number of benzene rings is 1. The summed E-state index contributed by atoms with van der Waals surface area (Å²) < 4.78 is 0. The average Bonchev–Trinajstić information content (AvgIpc) is 3.20. The van der Waals surface area contributed by atoms with Crippen molar-refractivity contribution in [2.24, 2.45) is 5.41 Å². The van der Waals surface area contributed by atoms with Crippen molar-refractivity contribution in [2.75, 3.05) is 13.2 Å². The third-order valence-electron chi connectivity index (χ3n) is 4.09.